The highest BCUT2D eigenvalue weighted by atomic mass is 32.2. The second kappa shape index (κ2) is 9.67. The van der Waals surface area contributed by atoms with Crippen LogP contribution in [0.1, 0.15) is 5.56 Å². The number of para-hydroxylation sites is 1. The largest absolute Gasteiger partial charge is 0.506 e. The summed E-state index contributed by atoms with van der Waals surface area (Å²) in [6.45, 7) is 1.65. The Hall–Kier alpha value is -4.24. The average Bonchev–Trinajstić information content (AvgIpc) is 2.81. The maximum absolute atomic E-state index is 12.0. The average molecular weight is 543 g/mol. The molecule has 0 atom stereocenters. The Balaban J connectivity index is 1.84. The molecule has 0 unspecified atom stereocenters. The van der Waals surface area contributed by atoms with Crippen molar-refractivity contribution >= 4 is 53.8 Å². The van der Waals surface area contributed by atoms with Crippen molar-refractivity contribution in [1.82, 2.24) is 0 Å². The minimum absolute atomic E-state index is 0.0644. The van der Waals surface area contributed by atoms with Crippen molar-refractivity contribution in [2.75, 3.05) is 0 Å². The normalized spacial score (nSPS) is 12.6. The van der Waals surface area contributed by atoms with E-state index in [1.807, 2.05) is 0 Å². The minimum atomic E-state index is -5.06. The first-order valence-corrected chi connectivity index (χ1v) is 13.2. The molecule has 12 nitrogen and oxygen atoms in total. The van der Waals surface area contributed by atoms with Gasteiger partial charge in [-0.1, -0.05) is 30.3 Å². The molecule has 0 aliphatic rings. The number of phenols is 2. The molecule has 0 bridgehead atoms. The Labute approximate surface area is 210 Å². The van der Waals surface area contributed by atoms with Gasteiger partial charge in [-0.2, -0.15) is 27.1 Å². The lowest BCUT2D eigenvalue weighted by Gasteiger charge is -2.11. The van der Waals surface area contributed by atoms with E-state index < -0.39 is 41.5 Å². The lowest BCUT2D eigenvalue weighted by Crippen LogP contribution is -2.03. The quantitative estimate of drug-likeness (QED) is 0.171. The highest BCUT2D eigenvalue weighted by Gasteiger charge is 2.26. The van der Waals surface area contributed by atoms with Crippen LogP contribution >= 0.6 is 0 Å². The fourth-order valence-corrected chi connectivity index (χ4v) is 5.00. The molecular weight excluding hydrogens is 524 g/mol. The molecule has 190 valence electrons. The minimum Gasteiger partial charge on any atom is -0.506 e. The van der Waals surface area contributed by atoms with Gasteiger partial charge in [0.05, 0.1) is 11.4 Å². The van der Waals surface area contributed by atoms with Crippen molar-refractivity contribution in [3.8, 4) is 11.5 Å². The summed E-state index contributed by atoms with van der Waals surface area (Å²) in [7, 11) is -9.86. The Morgan fingerprint density at radius 3 is 1.76 bits per heavy atom. The zero-order chi connectivity index (χ0) is 27.0. The summed E-state index contributed by atoms with van der Waals surface area (Å²) in [6, 6.07) is 15.4. The third-order valence-electron chi connectivity index (χ3n) is 5.27. The van der Waals surface area contributed by atoms with Crippen molar-refractivity contribution in [1.29, 1.82) is 0 Å². The molecule has 37 heavy (non-hydrogen) atoms. The summed E-state index contributed by atoms with van der Waals surface area (Å²) in [5.74, 6) is -1.04. The second-order valence-corrected chi connectivity index (χ2v) is 10.4. The van der Waals surface area contributed by atoms with Crippen LogP contribution < -0.4 is 0 Å². The van der Waals surface area contributed by atoms with Crippen LogP contribution in [0.4, 0.5) is 22.7 Å². The van der Waals surface area contributed by atoms with E-state index in [9.17, 15) is 36.2 Å². The number of azo groups is 2. The van der Waals surface area contributed by atoms with Crippen LogP contribution in [-0.4, -0.2) is 36.2 Å². The number of nitrogens with zero attached hydrogens (tertiary/aromatic N) is 4. The van der Waals surface area contributed by atoms with E-state index in [2.05, 4.69) is 20.5 Å². The van der Waals surface area contributed by atoms with Gasteiger partial charge in [0.15, 0.2) is 5.75 Å². The maximum Gasteiger partial charge on any atom is 0.298 e. The number of hydrogen-bond donors (Lipinski definition) is 4. The van der Waals surface area contributed by atoms with Gasteiger partial charge in [-0.3, -0.25) is 9.11 Å². The number of fused-ring (bicyclic) bond motifs is 1. The summed E-state index contributed by atoms with van der Waals surface area (Å²) >= 11 is 0. The zero-order valence-corrected chi connectivity index (χ0v) is 20.5. The first-order valence-electron chi connectivity index (χ1n) is 10.3. The van der Waals surface area contributed by atoms with Gasteiger partial charge in [0.2, 0.25) is 0 Å². The van der Waals surface area contributed by atoms with E-state index in [1.165, 1.54) is 6.07 Å². The van der Waals surface area contributed by atoms with E-state index in [1.54, 1.807) is 43.3 Å². The molecule has 0 amide bonds. The van der Waals surface area contributed by atoms with E-state index in [0.29, 0.717) is 11.3 Å². The van der Waals surface area contributed by atoms with E-state index in [4.69, 9.17) is 0 Å². The molecular formula is C23H18N4O8S2. The number of hydrogen-bond acceptors (Lipinski definition) is 10. The van der Waals surface area contributed by atoms with Gasteiger partial charge in [0.25, 0.3) is 20.2 Å². The number of rotatable bonds is 6. The maximum atomic E-state index is 12.0. The predicted octanol–water partition coefficient (Wildman–Crippen LogP) is 5.88. The van der Waals surface area contributed by atoms with Crippen LogP contribution in [0.15, 0.2) is 97.0 Å². The predicted molar refractivity (Wildman–Crippen MR) is 133 cm³/mol. The molecule has 4 aromatic rings. The Bertz CT molecular complexity index is 1820. The fourth-order valence-electron chi connectivity index (χ4n) is 3.49. The zero-order valence-electron chi connectivity index (χ0n) is 18.9. The molecule has 0 aromatic heterocycles. The molecule has 0 saturated carbocycles. The fraction of sp³-hybridized carbons (Fsp3) is 0.0435. The van der Waals surface area contributed by atoms with Crippen LogP contribution in [0.2, 0.25) is 0 Å². The van der Waals surface area contributed by atoms with E-state index >= 15 is 0 Å². The summed E-state index contributed by atoms with van der Waals surface area (Å²) in [6.07, 6.45) is 0. The highest BCUT2D eigenvalue weighted by molar-refractivity contribution is 7.86. The van der Waals surface area contributed by atoms with Crippen LogP contribution in [0, 0.1) is 6.92 Å². The first-order chi connectivity index (χ1) is 17.4. The second-order valence-electron chi connectivity index (χ2n) is 7.68. The van der Waals surface area contributed by atoms with Gasteiger partial charge < -0.3 is 10.2 Å². The van der Waals surface area contributed by atoms with Gasteiger partial charge in [-0.15, -0.1) is 10.2 Å². The van der Waals surface area contributed by atoms with Gasteiger partial charge in [-0.25, -0.2) is 0 Å². The van der Waals surface area contributed by atoms with Crippen molar-refractivity contribution in [3.05, 3.63) is 72.3 Å². The monoisotopic (exact) mass is 542 g/mol. The smallest absolute Gasteiger partial charge is 0.298 e. The molecule has 0 radical (unpaired) electrons. The Morgan fingerprint density at radius 2 is 1.16 bits per heavy atom. The molecule has 0 fully saturated rings. The molecule has 0 heterocycles. The molecule has 0 saturated heterocycles. The molecule has 0 aliphatic heterocycles. The Kier molecular flexibility index (Phi) is 6.75. The third kappa shape index (κ3) is 5.31. The van der Waals surface area contributed by atoms with Crippen molar-refractivity contribution in [3.63, 3.8) is 0 Å². The lowest BCUT2D eigenvalue weighted by molar-refractivity contribution is 0.446. The van der Waals surface area contributed by atoms with Crippen LogP contribution in [-0.2, 0) is 20.2 Å². The third-order valence-corrected chi connectivity index (χ3v) is 7.12. The number of phenolic OH excluding ortho intramolecular Hbond substituents is 2. The van der Waals surface area contributed by atoms with Gasteiger partial charge in [0.1, 0.15) is 26.9 Å². The van der Waals surface area contributed by atoms with Crippen molar-refractivity contribution < 1.29 is 36.2 Å². The molecule has 0 spiro atoms. The summed E-state index contributed by atoms with van der Waals surface area (Å²) in [4.78, 5) is -1.65. The number of aromatic hydroxyl groups is 2. The molecule has 4 aromatic carbocycles. The van der Waals surface area contributed by atoms with E-state index in [-0.39, 0.29) is 27.9 Å². The van der Waals surface area contributed by atoms with Gasteiger partial charge in [0, 0.05) is 16.3 Å². The SMILES string of the molecule is Cc1c(N=Nc2ccccc2O)cccc1N=Nc1cc2c(S(=O)(=O)O)cccc2c(S(=O)(=O)O)c1O. The molecule has 14 heteroatoms. The highest BCUT2D eigenvalue weighted by Crippen LogP contribution is 2.42. The first kappa shape index (κ1) is 25.8. The summed E-state index contributed by atoms with van der Waals surface area (Å²) < 4.78 is 67.0. The van der Waals surface area contributed by atoms with Crippen LogP contribution in [0.3, 0.4) is 0 Å². The van der Waals surface area contributed by atoms with Crippen LogP contribution in [0.25, 0.3) is 10.8 Å². The summed E-state index contributed by atoms with van der Waals surface area (Å²) in [5.41, 5.74) is 0.845. The standard InChI is InChI=1S/C23H18N4O8S2/c1-13-16(24-26-18-7-2-3-10-20(18)28)8-5-9-17(13)25-27-19-12-15-14(23(22(19)29)37(33,34)35)6-4-11-21(15)36(30,31)32/h2-12,28-29H,1H3,(H,30,31,32)(H,33,34,35). The van der Waals surface area contributed by atoms with E-state index in [0.717, 1.165) is 24.3 Å². The molecule has 4 rings (SSSR count). The summed E-state index contributed by atoms with van der Waals surface area (Å²) in [5, 5.41) is 35.8. The van der Waals surface area contributed by atoms with Crippen molar-refractivity contribution in [2.24, 2.45) is 20.5 Å². The van der Waals surface area contributed by atoms with Crippen LogP contribution in [0.5, 0.6) is 11.5 Å². The lowest BCUT2D eigenvalue weighted by atomic mass is 10.1. The molecule has 4 N–H and O–H groups in total. The molecule has 0 aliphatic carbocycles. The van der Waals surface area contributed by atoms with Crippen molar-refractivity contribution in [2.45, 2.75) is 16.7 Å². The number of benzene rings is 4. The Morgan fingerprint density at radius 1 is 0.622 bits per heavy atom. The van der Waals surface area contributed by atoms with Gasteiger partial charge >= 0.3 is 0 Å². The topological polar surface area (TPSA) is 199 Å². The van der Waals surface area contributed by atoms with Gasteiger partial charge in [-0.05, 0) is 43.3 Å².